The lowest BCUT2D eigenvalue weighted by atomic mass is 9.99. The largest absolute Gasteiger partial charge is 0.326 e. The van der Waals surface area contributed by atoms with E-state index in [1.54, 1.807) is 18.2 Å². The topological polar surface area (TPSA) is 69.2 Å². The van der Waals surface area contributed by atoms with E-state index < -0.39 is 4.92 Å². The highest BCUT2D eigenvalue weighted by atomic mass is 19.1. The Morgan fingerprint density at radius 1 is 1.22 bits per heavy atom. The highest BCUT2D eigenvalue weighted by Gasteiger charge is 2.11. The van der Waals surface area contributed by atoms with Crippen LogP contribution >= 0.6 is 0 Å². The van der Waals surface area contributed by atoms with Gasteiger partial charge in [0.2, 0.25) is 0 Å². The summed E-state index contributed by atoms with van der Waals surface area (Å²) < 4.78 is 13.2. The Morgan fingerprint density at radius 3 is 2.61 bits per heavy atom. The van der Waals surface area contributed by atoms with Crippen molar-refractivity contribution in [2.45, 2.75) is 6.54 Å². The number of non-ortho nitro benzene ring substituents is 1. The molecule has 0 spiro atoms. The van der Waals surface area contributed by atoms with Crippen molar-refractivity contribution in [3.8, 4) is 11.1 Å². The van der Waals surface area contributed by atoms with Crippen LogP contribution in [0.5, 0.6) is 0 Å². The number of nitrogens with zero attached hydrogens (tertiary/aromatic N) is 1. The monoisotopic (exact) mass is 246 g/mol. The molecule has 0 aliphatic carbocycles. The molecule has 0 unspecified atom stereocenters. The van der Waals surface area contributed by atoms with E-state index >= 15 is 0 Å². The summed E-state index contributed by atoms with van der Waals surface area (Å²) in [4.78, 5) is 10.2. The van der Waals surface area contributed by atoms with Crippen LogP contribution in [0, 0.1) is 15.9 Å². The van der Waals surface area contributed by atoms with E-state index in [-0.39, 0.29) is 18.0 Å². The molecule has 0 fully saturated rings. The first-order valence-corrected chi connectivity index (χ1v) is 5.35. The van der Waals surface area contributed by atoms with E-state index in [9.17, 15) is 14.5 Å². The molecule has 0 aliphatic heterocycles. The van der Waals surface area contributed by atoms with Crippen molar-refractivity contribution in [2.24, 2.45) is 5.73 Å². The molecule has 0 aromatic heterocycles. The van der Waals surface area contributed by atoms with Gasteiger partial charge in [-0.05, 0) is 34.9 Å². The van der Waals surface area contributed by atoms with Gasteiger partial charge in [-0.3, -0.25) is 10.1 Å². The van der Waals surface area contributed by atoms with Gasteiger partial charge < -0.3 is 5.73 Å². The number of nitro groups is 1. The highest BCUT2D eigenvalue weighted by molar-refractivity contribution is 5.69. The van der Waals surface area contributed by atoms with E-state index in [0.29, 0.717) is 16.7 Å². The molecule has 18 heavy (non-hydrogen) atoms. The third-order valence-corrected chi connectivity index (χ3v) is 2.66. The molecule has 0 saturated carbocycles. The second-order valence-electron chi connectivity index (χ2n) is 3.81. The molecule has 2 aromatic carbocycles. The van der Waals surface area contributed by atoms with E-state index in [1.807, 2.05) is 0 Å². The van der Waals surface area contributed by atoms with Crippen molar-refractivity contribution in [1.82, 2.24) is 0 Å². The maximum atomic E-state index is 13.2. The minimum absolute atomic E-state index is 0.0180. The van der Waals surface area contributed by atoms with Crippen LogP contribution in [0.25, 0.3) is 11.1 Å². The summed E-state index contributed by atoms with van der Waals surface area (Å²) >= 11 is 0. The molecule has 2 N–H and O–H groups in total. The van der Waals surface area contributed by atoms with Crippen LogP contribution in [0.2, 0.25) is 0 Å². The lowest BCUT2D eigenvalue weighted by Gasteiger charge is -2.08. The molecule has 2 aromatic rings. The predicted molar refractivity (Wildman–Crippen MR) is 66.4 cm³/mol. The minimum Gasteiger partial charge on any atom is -0.326 e. The SMILES string of the molecule is NCc1cc([N+](=O)[O-])ccc1-c1cccc(F)c1. The number of halogens is 1. The standard InChI is InChI=1S/C13H11FN2O2/c14-11-3-1-2-9(6-11)13-5-4-12(16(17)18)7-10(13)8-15/h1-7H,8,15H2. The molecule has 0 heterocycles. The van der Waals surface area contributed by atoms with Gasteiger partial charge in [0, 0.05) is 18.7 Å². The Labute approximate surface area is 103 Å². The molecule has 92 valence electrons. The van der Waals surface area contributed by atoms with Gasteiger partial charge in [0.15, 0.2) is 0 Å². The maximum Gasteiger partial charge on any atom is 0.269 e. The fraction of sp³-hybridized carbons (Fsp3) is 0.0769. The maximum absolute atomic E-state index is 13.2. The molecule has 0 radical (unpaired) electrons. The van der Waals surface area contributed by atoms with Gasteiger partial charge >= 0.3 is 0 Å². The van der Waals surface area contributed by atoms with Crippen LogP contribution in [-0.4, -0.2) is 4.92 Å². The Kier molecular flexibility index (Phi) is 3.34. The third-order valence-electron chi connectivity index (χ3n) is 2.66. The molecule has 5 heteroatoms. The molecule has 0 atom stereocenters. The summed E-state index contributed by atoms with van der Waals surface area (Å²) in [5.41, 5.74) is 7.55. The number of nitrogens with two attached hydrogens (primary N) is 1. The quantitative estimate of drug-likeness (QED) is 0.668. The van der Waals surface area contributed by atoms with Gasteiger partial charge in [0.05, 0.1) is 4.92 Å². The van der Waals surface area contributed by atoms with Crippen molar-refractivity contribution < 1.29 is 9.31 Å². The molecule has 0 aliphatic rings. The molecule has 0 saturated heterocycles. The van der Waals surface area contributed by atoms with Crippen molar-refractivity contribution in [3.05, 3.63) is 64.0 Å². The van der Waals surface area contributed by atoms with Gasteiger partial charge in [-0.25, -0.2) is 4.39 Å². The van der Waals surface area contributed by atoms with Gasteiger partial charge in [-0.1, -0.05) is 12.1 Å². The Morgan fingerprint density at radius 2 is 2.00 bits per heavy atom. The number of benzene rings is 2. The van der Waals surface area contributed by atoms with Gasteiger partial charge in [-0.15, -0.1) is 0 Å². The van der Waals surface area contributed by atoms with E-state index in [4.69, 9.17) is 5.73 Å². The first-order valence-electron chi connectivity index (χ1n) is 5.35. The second-order valence-corrected chi connectivity index (χ2v) is 3.81. The molecule has 2 rings (SSSR count). The summed E-state index contributed by atoms with van der Waals surface area (Å²) in [6, 6.07) is 10.4. The fourth-order valence-corrected chi connectivity index (χ4v) is 1.80. The average Bonchev–Trinajstić information content (AvgIpc) is 2.37. The molecule has 0 amide bonds. The zero-order chi connectivity index (χ0) is 13.1. The first kappa shape index (κ1) is 12.2. The van der Waals surface area contributed by atoms with Crippen LogP contribution < -0.4 is 5.73 Å². The summed E-state index contributed by atoms with van der Waals surface area (Å²) in [5, 5.41) is 10.7. The normalized spacial score (nSPS) is 10.3. The van der Waals surface area contributed by atoms with Crippen LogP contribution in [0.3, 0.4) is 0 Å². The number of hydrogen-bond donors (Lipinski definition) is 1. The average molecular weight is 246 g/mol. The molecule has 0 bridgehead atoms. The van der Waals surface area contributed by atoms with Crippen molar-refractivity contribution in [1.29, 1.82) is 0 Å². The van der Waals surface area contributed by atoms with Crippen molar-refractivity contribution in [3.63, 3.8) is 0 Å². The number of nitro benzene ring substituents is 1. The molecule has 4 nitrogen and oxygen atoms in total. The summed E-state index contributed by atoms with van der Waals surface area (Å²) in [6.45, 7) is 0.160. The summed E-state index contributed by atoms with van der Waals surface area (Å²) in [6.07, 6.45) is 0. The zero-order valence-corrected chi connectivity index (χ0v) is 9.47. The van der Waals surface area contributed by atoms with Gasteiger partial charge in [-0.2, -0.15) is 0 Å². The van der Waals surface area contributed by atoms with E-state index in [2.05, 4.69) is 0 Å². The molecular weight excluding hydrogens is 235 g/mol. The van der Waals surface area contributed by atoms with Crippen LogP contribution in [0.15, 0.2) is 42.5 Å². The van der Waals surface area contributed by atoms with Crippen molar-refractivity contribution in [2.75, 3.05) is 0 Å². The van der Waals surface area contributed by atoms with Crippen LogP contribution in [0.4, 0.5) is 10.1 Å². The Balaban J connectivity index is 2.54. The second kappa shape index (κ2) is 4.93. The Bertz CT molecular complexity index is 599. The van der Waals surface area contributed by atoms with Crippen LogP contribution in [0.1, 0.15) is 5.56 Å². The van der Waals surface area contributed by atoms with Gasteiger partial charge in [0.1, 0.15) is 5.82 Å². The highest BCUT2D eigenvalue weighted by Crippen LogP contribution is 2.27. The van der Waals surface area contributed by atoms with Crippen LogP contribution in [-0.2, 0) is 6.54 Å². The third kappa shape index (κ3) is 2.36. The predicted octanol–water partition coefficient (Wildman–Crippen LogP) is 2.86. The van der Waals surface area contributed by atoms with Gasteiger partial charge in [0.25, 0.3) is 5.69 Å². The van der Waals surface area contributed by atoms with E-state index in [0.717, 1.165) is 0 Å². The zero-order valence-electron chi connectivity index (χ0n) is 9.47. The molecular formula is C13H11FN2O2. The summed E-state index contributed by atoms with van der Waals surface area (Å²) in [5.74, 6) is -0.353. The first-order chi connectivity index (χ1) is 8.61. The number of rotatable bonds is 3. The van der Waals surface area contributed by atoms with E-state index in [1.165, 1.54) is 24.3 Å². The fourth-order valence-electron chi connectivity index (χ4n) is 1.80. The minimum atomic E-state index is -0.478. The lowest BCUT2D eigenvalue weighted by Crippen LogP contribution is -2.00. The Hall–Kier alpha value is -2.27. The summed E-state index contributed by atoms with van der Waals surface area (Å²) in [7, 11) is 0. The smallest absolute Gasteiger partial charge is 0.269 e. The van der Waals surface area contributed by atoms with Crippen molar-refractivity contribution >= 4 is 5.69 Å². The number of hydrogen-bond acceptors (Lipinski definition) is 3. The lowest BCUT2D eigenvalue weighted by molar-refractivity contribution is -0.384.